The van der Waals surface area contributed by atoms with Gasteiger partial charge in [0.2, 0.25) is 0 Å². The lowest BCUT2D eigenvalue weighted by Gasteiger charge is -2.11. The van der Waals surface area contributed by atoms with E-state index < -0.39 is 5.97 Å². The van der Waals surface area contributed by atoms with Crippen LogP contribution in [0.25, 0.3) is 27.5 Å². The van der Waals surface area contributed by atoms with Gasteiger partial charge in [0.15, 0.2) is 5.82 Å². The van der Waals surface area contributed by atoms with Crippen molar-refractivity contribution in [3.63, 3.8) is 0 Å². The molecule has 4 heterocycles. The van der Waals surface area contributed by atoms with E-state index in [1.165, 1.54) is 0 Å². The number of anilines is 2. The minimum atomic E-state index is -0.951. The van der Waals surface area contributed by atoms with Crippen LogP contribution in [0.2, 0.25) is 0 Å². The van der Waals surface area contributed by atoms with Crippen molar-refractivity contribution in [1.82, 2.24) is 19.4 Å². The second-order valence-corrected chi connectivity index (χ2v) is 6.58. The van der Waals surface area contributed by atoms with E-state index in [-0.39, 0.29) is 5.56 Å². The number of carboxylic acids is 1. The maximum atomic E-state index is 11.4. The Balaban J connectivity index is 1.83. The van der Waals surface area contributed by atoms with Gasteiger partial charge in [-0.05, 0) is 49.4 Å². The Morgan fingerprint density at radius 3 is 2.75 bits per heavy atom. The Bertz CT molecular complexity index is 1390. The van der Waals surface area contributed by atoms with E-state index in [4.69, 9.17) is 4.98 Å². The topological polar surface area (TPSA) is 92.4 Å². The summed E-state index contributed by atoms with van der Waals surface area (Å²) in [6.45, 7) is 1.93. The van der Waals surface area contributed by atoms with Crippen molar-refractivity contribution in [3.05, 3.63) is 72.3 Å². The first-order valence-corrected chi connectivity index (χ1v) is 8.72. The SMILES string of the molecule is Cc1cc(Nc2nc3ccncc3n3c2cc2cc(C(=O)O)ccc23)ccn1. The summed E-state index contributed by atoms with van der Waals surface area (Å²) in [4.78, 5) is 24.6. The van der Waals surface area contributed by atoms with Crippen LogP contribution >= 0.6 is 0 Å². The van der Waals surface area contributed by atoms with Crippen molar-refractivity contribution in [2.24, 2.45) is 0 Å². The standard InChI is InChI=1S/C21H15N5O2/c1-12-8-15(4-7-23-12)24-20-18-10-14-9-13(21(27)28)2-3-17(14)26(18)19-11-22-6-5-16(19)25-20/h2-11H,1H3,(H,27,28)(H,23,24,25). The Labute approximate surface area is 159 Å². The van der Waals surface area contributed by atoms with E-state index in [0.29, 0.717) is 5.82 Å². The molecule has 5 rings (SSSR count). The number of aromatic nitrogens is 4. The third-order valence-electron chi connectivity index (χ3n) is 4.70. The van der Waals surface area contributed by atoms with Crippen LogP contribution in [0.1, 0.15) is 16.1 Å². The third-order valence-corrected chi connectivity index (χ3v) is 4.70. The van der Waals surface area contributed by atoms with Gasteiger partial charge in [-0.1, -0.05) is 0 Å². The van der Waals surface area contributed by atoms with E-state index in [9.17, 15) is 9.90 Å². The maximum absolute atomic E-state index is 11.4. The van der Waals surface area contributed by atoms with E-state index in [1.54, 1.807) is 30.7 Å². The zero-order valence-corrected chi connectivity index (χ0v) is 14.9. The normalized spacial score (nSPS) is 11.3. The van der Waals surface area contributed by atoms with E-state index in [0.717, 1.165) is 38.8 Å². The van der Waals surface area contributed by atoms with Crippen molar-refractivity contribution in [3.8, 4) is 0 Å². The molecule has 0 unspecified atom stereocenters. The van der Waals surface area contributed by atoms with Crippen LogP contribution in [0.5, 0.6) is 0 Å². The minimum Gasteiger partial charge on any atom is -0.478 e. The maximum Gasteiger partial charge on any atom is 0.335 e. The van der Waals surface area contributed by atoms with E-state index in [1.807, 2.05) is 41.7 Å². The highest BCUT2D eigenvalue weighted by molar-refractivity contribution is 6.00. The van der Waals surface area contributed by atoms with Crippen molar-refractivity contribution < 1.29 is 9.90 Å². The number of pyridine rings is 2. The molecule has 4 aromatic heterocycles. The fourth-order valence-electron chi connectivity index (χ4n) is 3.46. The molecule has 7 heteroatoms. The van der Waals surface area contributed by atoms with Crippen LogP contribution in [-0.4, -0.2) is 30.4 Å². The number of rotatable bonds is 3. The first-order chi connectivity index (χ1) is 13.6. The molecule has 1 aromatic carbocycles. The van der Waals surface area contributed by atoms with Crippen molar-refractivity contribution in [1.29, 1.82) is 0 Å². The lowest BCUT2D eigenvalue weighted by atomic mass is 10.1. The number of benzene rings is 1. The highest BCUT2D eigenvalue weighted by atomic mass is 16.4. The first-order valence-electron chi connectivity index (χ1n) is 8.72. The predicted molar refractivity (Wildman–Crippen MR) is 107 cm³/mol. The molecule has 0 amide bonds. The van der Waals surface area contributed by atoms with E-state index >= 15 is 0 Å². The second kappa shape index (κ2) is 6.02. The first kappa shape index (κ1) is 16.2. The van der Waals surface area contributed by atoms with Crippen LogP contribution < -0.4 is 5.32 Å². The second-order valence-electron chi connectivity index (χ2n) is 6.58. The number of carbonyl (C=O) groups is 1. The van der Waals surface area contributed by atoms with Crippen LogP contribution in [0.15, 0.2) is 61.1 Å². The molecule has 7 nitrogen and oxygen atoms in total. The Hall–Kier alpha value is -4.00. The largest absolute Gasteiger partial charge is 0.478 e. The summed E-state index contributed by atoms with van der Waals surface area (Å²) >= 11 is 0. The molecule has 0 aliphatic carbocycles. The number of aryl methyl sites for hydroxylation is 1. The highest BCUT2D eigenvalue weighted by Crippen LogP contribution is 2.31. The van der Waals surface area contributed by atoms with Gasteiger partial charge >= 0.3 is 5.97 Å². The van der Waals surface area contributed by atoms with Crippen LogP contribution in [-0.2, 0) is 0 Å². The van der Waals surface area contributed by atoms with Gasteiger partial charge in [0.1, 0.15) is 0 Å². The molecule has 0 saturated heterocycles. The van der Waals surface area contributed by atoms with Gasteiger partial charge in [0.25, 0.3) is 0 Å². The van der Waals surface area contributed by atoms with Gasteiger partial charge in [0, 0.05) is 29.2 Å². The molecule has 136 valence electrons. The summed E-state index contributed by atoms with van der Waals surface area (Å²) < 4.78 is 2.05. The lowest BCUT2D eigenvalue weighted by Crippen LogP contribution is -2.00. The Kier molecular flexibility index (Phi) is 3.48. The summed E-state index contributed by atoms with van der Waals surface area (Å²) in [5, 5.41) is 13.5. The monoisotopic (exact) mass is 369 g/mol. The number of hydrogen-bond acceptors (Lipinski definition) is 5. The van der Waals surface area contributed by atoms with Gasteiger partial charge in [-0.15, -0.1) is 0 Å². The quantitative estimate of drug-likeness (QED) is 0.496. The molecule has 0 atom stereocenters. The predicted octanol–water partition coefficient (Wildman–Crippen LogP) is 4.18. The van der Waals surface area contributed by atoms with Crippen molar-refractivity contribution in [2.75, 3.05) is 5.32 Å². The zero-order chi connectivity index (χ0) is 19.3. The number of aromatic carboxylic acids is 1. The molecule has 28 heavy (non-hydrogen) atoms. The number of hydrogen-bond donors (Lipinski definition) is 2. The summed E-state index contributed by atoms with van der Waals surface area (Å²) in [5.41, 5.74) is 5.41. The average molecular weight is 369 g/mol. The van der Waals surface area contributed by atoms with Gasteiger partial charge in [0.05, 0.1) is 33.8 Å². The Morgan fingerprint density at radius 1 is 1.04 bits per heavy atom. The average Bonchev–Trinajstić information content (AvgIpc) is 3.07. The Morgan fingerprint density at radius 2 is 1.93 bits per heavy atom. The lowest BCUT2D eigenvalue weighted by molar-refractivity contribution is 0.0697. The number of nitrogens with zero attached hydrogens (tertiary/aromatic N) is 4. The zero-order valence-electron chi connectivity index (χ0n) is 14.9. The molecular weight excluding hydrogens is 354 g/mol. The highest BCUT2D eigenvalue weighted by Gasteiger charge is 2.14. The molecule has 2 N–H and O–H groups in total. The molecule has 0 radical (unpaired) electrons. The van der Waals surface area contributed by atoms with E-state index in [2.05, 4.69) is 15.3 Å². The summed E-state index contributed by atoms with van der Waals surface area (Å²) in [7, 11) is 0. The molecule has 5 aromatic rings. The third kappa shape index (κ3) is 2.52. The molecule has 0 bridgehead atoms. The molecule has 0 fully saturated rings. The van der Waals surface area contributed by atoms with Crippen molar-refractivity contribution >= 4 is 44.9 Å². The summed E-state index contributed by atoms with van der Waals surface area (Å²) in [6, 6.07) is 12.7. The fraction of sp³-hybridized carbons (Fsp3) is 0.0476. The smallest absolute Gasteiger partial charge is 0.335 e. The number of nitrogens with one attached hydrogen (secondary N) is 1. The minimum absolute atomic E-state index is 0.248. The number of fused-ring (bicyclic) bond motifs is 5. The van der Waals surface area contributed by atoms with Gasteiger partial charge in [-0.2, -0.15) is 0 Å². The molecular formula is C21H15N5O2. The molecule has 0 aliphatic rings. The van der Waals surface area contributed by atoms with Crippen LogP contribution in [0.4, 0.5) is 11.5 Å². The van der Waals surface area contributed by atoms with Gasteiger partial charge < -0.3 is 14.8 Å². The molecule has 0 aliphatic heterocycles. The van der Waals surface area contributed by atoms with Crippen LogP contribution in [0, 0.1) is 6.92 Å². The fourth-order valence-corrected chi connectivity index (χ4v) is 3.46. The van der Waals surface area contributed by atoms with Crippen LogP contribution in [0.3, 0.4) is 0 Å². The van der Waals surface area contributed by atoms with Gasteiger partial charge in [-0.3, -0.25) is 9.97 Å². The van der Waals surface area contributed by atoms with Crippen molar-refractivity contribution in [2.45, 2.75) is 6.92 Å². The molecule has 0 spiro atoms. The summed E-state index contributed by atoms with van der Waals surface area (Å²) in [6.07, 6.45) is 5.21. The summed E-state index contributed by atoms with van der Waals surface area (Å²) in [5.74, 6) is -0.273. The van der Waals surface area contributed by atoms with Gasteiger partial charge in [-0.25, -0.2) is 9.78 Å². The number of carboxylic acid groups (broad SMARTS) is 1. The molecule has 0 saturated carbocycles.